The Labute approximate surface area is 200 Å². The highest BCUT2D eigenvalue weighted by Crippen LogP contribution is 2.46. The third-order valence-corrected chi connectivity index (χ3v) is 7.18. The average molecular weight is 483 g/mol. The number of nitrogens with one attached hydrogen (secondary N) is 3. The van der Waals surface area contributed by atoms with Crippen LogP contribution in [0, 0.1) is 0 Å². The van der Waals surface area contributed by atoms with Gasteiger partial charge in [-0.05, 0) is 45.6 Å². The highest BCUT2D eigenvalue weighted by Gasteiger charge is 2.68. The monoisotopic (exact) mass is 482 g/mol. The zero-order chi connectivity index (χ0) is 24.5. The van der Waals surface area contributed by atoms with Gasteiger partial charge in [-0.1, -0.05) is 0 Å². The van der Waals surface area contributed by atoms with E-state index in [4.69, 9.17) is 18.9 Å². The van der Waals surface area contributed by atoms with Crippen molar-refractivity contribution in [3.63, 3.8) is 0 Å². The van der Waals surface area contributed by atoms with Gasteiger partial charge < -0.3 is 50.2 Å². The molecule has 0 radical (unpaired) electrons. The Bertz CT molecular complexity index is 807. The molecular formula is C23H38N4O7. The molecule has 192 valence electrons. The summed E-state index contributed by atoms with van der Waals surface area (Å²) in [5.41, 5.74) is -0.719. The van der Waals surface area contributed by atoms with Crippen LogP contribution >= 0.6 is 0 Å². The molecule has 10 unspecified atom stereocenters. The van der Waals surface area contributed by atoms with Gasteiger partial charge in [0.2, 0.25) is 12.1 Å². The Morgan fingerprint density at radius 3 is 2.47 bits per heavy atom. The maximum Gasteiger partial charge on any atom is 0.249 e. The predicted molar refractivity (Wildman–Crippen MR) is 122 cm³/mol. The van der Waals surface area contributed by atoms with Gasteiger partial charge in [-0.25, -0.2) is 0 Å². The number of likely N-dealkylation sites (N-methyl/N-ethyl adjacent to an activating group) is 2. The van der Waals surface area contributed by atoms with E-state index in [1.807, 2.05) is 26.0 Å². The number of pyridine rings is 1. The van der Waals surface area contributed by atoms with E-state index in [-0.39, 0.29) is 13.0 Å². The molecule has 34 heavy (non-hydrogen) atoms. The second-order valence-electron chi connectivity index (χ2n) is 9.39. The number of aromatic nitrogens is 1. The predicted octanol–water partition coefficient (Wildman–Crippen LogP) is -1.53. The highest BCUT2D eigenvalue weighted by atomic mass is 16.8. The van der Waals surface area contributed by atoms with Gasteiger partial charge in [0.15, 0.2) is 0 Å². The van der Waals surface area contributed by atoms with Crippen molar-refractivity contribution in [3.8, 4) is 0 Å². The Hall–Kier alpha value is -1.25. The first kappa shape index (κ1) is 25.8. The highest BCUT2D eigenvalue weighted by molar-refractivity contribution is 5.14. The van der Waals surface area contributed by atoms with Gasteiger partial charge in [0.1, 0.15) is 23.9 Å². The standard InChI is InChI=1S/C23H38N4O7/c1-5-31-18-15(24-3)17(28)16(25-4)19-20(18)33-21-23(30,34-19)22(29,10-13(2)32-21)12-27-11-14-6-8-26-9-7-14/h6-9,13,15-21,24-25,27-30H,5,10-12H2,1-4H3. The van der Waals surface area contributed by atoms with Crippen molar-refractivity contribution in [2.75, 3.05) is 27.2 Å². The number of rotatable bonds is 8. The van der Waals surface area contributed by atoms with Crippen LogP contribution in [0.1, 0.15) is 25.8 Å². The number of hydrogen-bond donors (Lipinski definition) is 6. The number of aliphatic hydroxyl groups is 3. The molecule has 1 aromatic rings. The Morgan fingerprint density at radius 1 is 1.12 bits per heavy atom. The quantitative estimate of drug-likeness (QED) is 0.256. The van der Waals surface area contributed by atoms with Crippen LogP contribution in [0.3, 0.4) is 0 Å². The van der Waals surface area contributed by atoms with Crippen LogP contribution in [0.5, 0.6) is 0 Å². The summed E-state index contributed by atoms with van der Waals surface area (Å²) in [6, 6.07) is 2.73. The second-order valence-corrected chi connectivity index (χ2v) is 9.39. The fourth-order valence-electron chi connectivity index (χ4n) is 5.51. The van der Waals surface area contributed by atoms with Crippen molar-refractivity contribution in [2.45, 2.75) is 87.1 Å². The normalized spacial score (nSPS) is 44.3. The lowest BCUT2D eigenvalue weighted by molar-refractivity contribution is -0.482. The Balaban J connectivity index is 1.60. The summed E-state index contributed by atoms with van der Waals surface area (Å²) in [6.45, 7) is 4.60. The van der Waals surface area contributed by atoms with Gasteiger partial charge in [-0.3, -0.25) is 4.98 Å². The van der Waals surface area contributed by atoms with Crippen molar-refractivity contribution in [3.05, 3.63) is 30.1 Å². The van der Waals surface area contributed by atoms with Crippen molar-refractivity contribution >= 4 is 0 Å². The van der Waals surface area contributed by atoms with Gasteiger partial charge >= 0.3 is 0 Å². The van der Waals surface area contributed by atoms with E-state index in [1.54, 1.807) is 26.5 Å². The van der Waals surface area contributed by atoms with Gasteiger partial charge in [-0.15, -0.1) is 0 Å². The summed E-state index contributed by atoms with van der Waals surface area (Å²) in [6.07, 6.45) is -0.996. The van der Waals surface area contributed by atoms with Crippen LogP contribution in [0.25, 0.3) is 0 Å². The Morgan fingerprint density at radius 2 is 1.82 bits per heavy atom. The topological polar surface area (TPSA) is 147 Å². The second kappa shape index (κ2) is 10.4. The van der Waals surface area contributed by atoms with E-state index < -0.39 is 60.3 Å². The minimum Gasteiger partial charge on any atom is -0.390 e. The lowest BCUT2D eigenvalue weighted by atomic mass is 9.77. The van der Waals surface area contributed by atoms with Gasteiger partial charge in [0.25, 0.3) is 0 Å². The zero-order valence-corrected chi connectivity index (χ0v) is 20.2. The number of fused-ring (bicyclic) bond motifs is 2. The number of aliphatic hydroxyl groups excluding tert-OH is 1. The summed E-state index contributed by atoms with van der Waals surface area (Å²) in [5.74, 6) is -2.16. The molecule has 1 aromatic heterocycles. The molecule has 0 amide bonds. The molecule has 0 spiro atoms. The first-order valence-corrected chi connectivity index (χ1v) is 11.9. The Kier molecular flexibility index (Phi) is 7.89. The van der Waals surface area contributed by atoms with Gasteiger partial charge in [0.05, 0.1) is 24.3 Å². The van der Waals surface area contributed by atoms with Crippen LogP contribution in [-0.4, -0.2) is 108 Å². The number of hydrogen-bond acceptors (Lipinski definition) is 11. The van der Waals surface area contributed by atoms with Gasteiger partial charge in [0, 0.05) is 38.5 Å². The van der Waals surface area contributed by atoms with Crippen LogP contribution in [0.2, 0.25) is 0 Å². The number of nitrogens with zero attached hydrogens (tertiary/aromatic N) is 1. The lowest BCUT2D eigenvalue weighted by Crippen LogP contribution is -2.81. The van der Waals surface area contributed by atoms with Crippen LogP contribution in [-0.2, 0) is 25.5 Å². The molecular weight excluding hydrogens is 444 g/mol. The minimum absolute atomic E-state index is 0.0393. The van der Waals surface area contributed by atoms with Crippen molar-refractivity contribution in [1.29, 1.82) is 0 Å². The molecule has 10 atom stereocenters. The molecule has 0 bridgehead atoms. The maximum atomic E-state index is 11.8. The van der Waals surface area contributed by atoms with Crippen molar-refractivity contribution in [1.82, 2.24) is 20.9 Å². The minimum atomic E-state index is -2.16. The van der Waals surface area contributed by atoms with E-state index in [2.05, 4.69) is 20.9 Å². The van der Waals surface area contributed by atoms with Crippen LogP contribution in [0.4, 0.5) is 0 Å². The maximum absolute atomic E-state index is 11.8. The molecule has 11 nitrogen and oxygen atoms in total. The smallest absolute Gasteiger partial charge is 0.249 e. The molecule has 3 fully saturated rings. The molecule has 6 N–H and O–H groups in total. The third-order valence-electron chi connectivity index (χ3n) is 7.18. The van der Waals surface area contributed by atoms with E-state index in [0.717, 1.165) is 5.56 Å². The fourth-order valence-corrected chi connectivity index (χ4v) is 5.51. The summed E-state index contributed by atoms with van der Waals surface area (Å²) in [5, 5.41) is 44.0. The van der Waals surface area contributed by atoms with Crippen molar-refractivity contribution < 1.29 is 34.3 Å². The molecule has 2 aliphatic heterocycles. The first-order valence-electron chi connectivity index (χ1n) is 11.9. The molecule has 1 aliphatic carbocycles. The van der Waals surface area contributed by atoms with Crippen LogP contribution < -0.4 is 16.0 Å². The van der Waals surface area contributed by atoms with Crippen LogP contribution in [0.15, 0.2) is 24.5 Å². The number of ether oxygens (including phenoxy) is 4. The summed E-state index contributed by atoms with van der Waals surface area (Å²) in [7, 11) is 3.46. The van der Waals surface area contributed by atoms with Crippen molar-refractivity contribution in [2.24, 2.45) is 0 Å². The SMILES string of the molecule is CCOC1C(NC)C(O)C(NC)C2OC3(O)C(OC(C)CC3(O)CNCc3ccncc3)OC12. The zero-order valence-electron chi connectivity index (χ0n) is 20.2. The van der Waals surface area contributed by atoms with Gasteiger partial charge in [-0.2, -0.15) is 0 Å². The molecule has 3 heterocycles. The third kappa shape index (κ3) is 4.50. The van der Waals surface area contributed by atoms with E-state index in [0.29, 0.717) is 13.2 Å². The summed E-state index contributed by atoms with van der Waals surface area (Å²) < 4.78 is 24.5. The fraction of sp³-hybridized carbons (Fsp3) is 0.783. The largest absolute Gasteiger partial charge is 0.390 e. The van der Waals surface area contributed by atoms with E-state index in [1.165, 1.54) is 0 Å². The molecule has 4 rings (SSSR count). The molecule has 1 saturated carbocycles. The molecule has 0 aromatic carbocycles. The van der Waals surface area contributed by atoms with E-state index in [9.17, 15) is 15.3 Å². The average Bonchev–Trinajstić information content (AvgIpc) is 2.80. The van der Waals surface area contributed by atoms with E-state index >= 15 is 0 Å². The summed E-state index contributed by atoms with van der Waals surface area (Å²) in [4.78, 5) is 4.01. The molecule has 2 saturated heterocycles. The summed E-state index contributed by atoms with van der Waals surface area (Å²) >= 11 is 0. The lowest BCUT2D eigenvalue weighted by Gasteiger charge is -2.60. The molecule has 11 heteroatoms. The first-order chi connectivity index (χ1) is 16.3. The molecule has 3 aliphatic rings.